The lowest BCUT2D eigenvalue weighted by Gasteiger charge is -2.30. The molecule has 0 spiro atoms. The van der Waals surface area contributed by atoms with E-state index in [1.807, 2.05) is 0 Å². The molecule has 3 rings (SSSR count). The van der Waals surface area contributed by atoms with Crippen LogP contribution in [0.1, 0.15) is 61.9 Å². The second-order valence-corrected chi connectivity index (χ2v) is 12.4. The van der Waals surface area contributed by atoms with Crippen molar-refractivity contribution in [3.8, 4) is 0 Å². The van der Waals surface area contributed by atoms with Gasteiger partial charge in [-0.3, -0.25) is 0 Å². The molecule has 188 valence electrons. The molecule has 0 saturated heterocycles. The molecule has 34 heavy (non-hydrogen) atoms. The average molecular weight is 495 g/mol. The smallest absolute Gasteiger partial charge is 0.209 e. The van der Waals surface area contributed by atoms with Crippen molar-refractivity contribution in [3.63, 3.8) is 0 Å². The lowest BCUT2D eigenvalue weighted by Crippen LogP contribution is -2.49. The van der Waals surface area contributed by atoms with E-state index < -0.39 is 33.8 Å². The van der Waals surface area contributed by atoms with Gasteiger partial charge in [-0.2, -0.15) is 0 Å². The first kappa shape index (κ1) is 26.7. The molecule has 0 radical (unpaired) electrons. The van der Waals surface area contributed by atoms with Gasteiger partial charge < -0.3 is 10.4 Å². The maximum absolute atomic E-state index is 13.6. The van der Waals surface area contributed by atoms with Crippen molar-refractivity contribution in [1.29, 1.82) is 0 Å². The number of aliphatic hydroxyl groups excluding tert-OH is 1. The minimum absolute atomic E-state index is 0.0401. The van der Waals surface area contributed by atoms with E-state index in [0.717, 1.165) is 50.1 Å². The van der Waals surface area contributed by atoms with Crippen LogP contribution < -0.4 is 10.0 Å². The third kappa shape index (κ3) is 8.12. The van der Waals surface area contributed by atoms with E-state index in [2.05, 4.69) is 49.0 Å². The normalized spacial score (nSPS) is 18.4. The summed E-state index contributed by atoms with van der Waals surface area (Å²) in [7, 11) is -3.65. The quantitative estimate of drug-likeness (QED) is 0.492. The maximum atomic E-state index is 13.6. The van der Waals surface area contributed by atoms with E-state index in [1.165, 1.54) is 16.7 Å². The molecule has 1 aliphatic carbocycles. The van der Waals surface area contributed by atoms with Crippen LogP contribution in [0.3, 0.4) is 0 Å². The van der Waals surface area contributed by atoms with Crippen LogP contribution in [0.5, 0.6) is 0 Å². The van der Waals surface area contributed by atoms with Crippen molar-refractivity contribution in [2.45, 2.75) is 71.1 Å². The van der Waals surface area contributed by atoms with Gasteiger partial charge in [0.2, 0.25) is 10.0 Å². The molecule has 3 unspecified atom stereocenters. The third-order valence-corrected chi connectivity index (χ3v) is 6.77. The van der Waals surface area contributed by atoms with E-state index in [4.69, 9.17) is 0 Å². The van der Waals surface area contributed by atoms with Crippen LogP contribution >= 0.6 is 0 Å². The Kier molecular flexibility index (Phi) is 8.50. The predicted octanol–water partition coefficient (Wildman–Crippen LogP) is 4.04. The zero-order valence-electron chi connectivity index (χ0n) is 20.4. The number of rotatable bonds is 9. The molecule has 0 saturated carbocycles. The summed E-state index contributed by atoms with van der Waals surface area (Å²) in [4.78, 5) is 0. The average Bonchev–Trinajstić information content (AvgIpc) is 2.68. The van der Waals surface area contributed by atoms with E-state index in [1.54, 1.807) is 0 Å². The molecule has 3 atom stereocenters. The van der Waals surface area contributed by atoms with Crippen molar-refractivity contribution in [2.24, 2.45) is 5.41 Å². The Hall–Kier alpha value is -1.87. The van der Waals surface area contributed by atoms with Gasteiger partial charge in [0.05, 0.1) is 18.4 Å². The largest absolute Gasteiger partial charge is 0.390 e. The fourth-order valence-electron chi connectivity index (χ4n) is 4.70. The first-order valence-electron chi connectivity index (χ1n) is 11.7. The number of sulfonamides is 1. The van der Waals surface area contributed by atoms with Gasteiger partial charge in [-0.05, 0) is 71.9 Å². The number of benzene rings is 2. The topological polar surface area (TPSA) is 78.4 Å². The second kappa shape index (κ2) is 10.8. The van der Waals surface area contributed by atoms with Gasteiger partial charge >= 0.3 is 0 Å². The van der Waals surface area contributed by atoms with Crippen LogP contribution in [-0.4, -0.2) is 38.5 Å². The summed E-state index contributed by atoms with van der Waals surface area (Å²) in [5.41, 5.74) is 4.22. The molecule has 0 fully saturated rings. The third-order valence-electron chi connectivity index (χ3n) is 6.04. The van der Waals surface area contributed by atoms with E-state index in [0.29, 0.717) is 0 Å². The molecule has 3 N–H and O–H groups in total. The van der Waals surface area contributed by atoms with E-state index in [9.17, 15) is 22.3 Å². The van der Waals surface area contributed by atoms with Crippen molar-refractivity contribution in [1.82, 2.24) is 10.0 Å². The summed E-state index contributed by atoms with van der Waals surface area (Å²) >= 11 is 0. The Morgan fingerprint density at radius 1 is 1.09 bits per heavy atom. The van der Waals surface area contributed by atoms with Gasteiger partial charge in [0.1, 0.15) is 11.6 Å². The molecule has 0 aromatic heterocycles. The number of aliphatic hydroxyl groups is 1. The number of hydrogen-bond donors (Lipinski definition) is 3. The molecule has 0 amide bonds. The molecule has 0 aliphatic heterocycles. The molecule has 2 aromatic carbocycles. The van der Waals surface area contributed by atoms with Crippen molar-refractivity contribution >= 4 is 10.0 Å². The molecule has 0 heterocycles. The summed E-state index contributed by atoms with van der Waals surface area (Å²) in [6, 6.07) is 8.78. The molecule has 5 nitrogen and oxygen atoms in total. The van der Waals surface area contributed by atoms with Crippen LogP contribution in [0.25, 0.3) is 0 Å². The number of hydrogen-bond acceptors (Lipinski definition) is 4. The molecular formula is C26H36F2N2O3S. The highest BCUT2D eigenvalue weighted by Gasteiger charge is 2.27. The SMILES string of the molecule is CC(C)(C)Cc1ccc2c(c1)C(NCC(O)C(Cc1cc(F)cc(F)c1)NS(C)(=O)=O)CCC2. The highest BCUT2D eigenvalue weighted by Crippen LogP contribution is 2.32. The summed E-state index contributed by atoms with van der Waals surface area (Å²) in [6.45, 7) is 6.76. The predicted molar refractivity (Wildman–Crippen MR) is 131 cm³/mol. The van der Waals surface area contributed by atoms with E-state index >= 15 is 0 Å². The maximum Gasteiger partial charge on any atom is 0.209 e. The van der Waals surface area contributed by atoms with Gasteiger partial charge in [-0.15, -0.1) is 0 Å². The van der Waals surface area contributed by atoms with Gasteiger partial charge in [0, 0.05) is 18.7 Å². The second-order valence-electron chi connectivity index (χ2n) is 10.7. The first-order chi connectivity index (χ1) is 15.8. The lowest BCUT2D eigenvalue weighted by molar-refractivity contribution is 0.130. The fraction of sp³-hybridized carbons (Fsp3) is 0.538. The molecule has 2 aromatic rings. The monoisotopic (exact) mass is 494 g/mol. The fourth-order valence-corrected chi connectivity index (χ4v) is 5.49. The molecule has 8 heteroatoms. The number of nitrogens with one attached hydrogen (secondary N) is 2. The highest BCUT2D eigenvalue weighted by molar-refractivity contribution is 7.88. The standard InChI is InChI=1S/C26H36F2N2O3S/c1-26(2,3)15-17-8-9-19-6-5-7-23(22(19)12-17)29-16-25(31)24(30-34(4,32)33)13-18-10-20(27)14-21(28)11-18/h8-12,14,23-25,29-31H,5-7,13,15-16H2,1-4H3. The zero-order chi connectivity index (χ0) is 25.1. The summed E-state index contributed by atoms with van der Waals surface area (Å²) in [5, 5.41) is 14.3. The van der Waals surface area contributed by atoms with Gasteiger partial charge in [-0.1, -0.05) is 39.0 Å². The molecule has 0 bridgehead atoms. The Labute approximate surface area is 202 Å². The van der Waals surface area contributed by atoms with Crippen LogP contribution in [0.2, 0.25) is 0 Å². The van der Waals surface area contributed by atoms with Gasteiger partial charge in [0.25, 0.3) is 0 Å². The highest BCUT2D eigenvalue weighted by atomic mass is 32.2. The van der Waals surface area contributed by atoms with E-state index in [-0.39, 0.29) is 30.0 Å². The molecular weight excluding hydrogens is 458 g/mol. The van der Waals surface area contributed by atoms with Crippen LogP contribution in [0.4, 0.5) is 8.78 Å². The van der Waals surface area contributed by atoms with Crippen molar-refractivity contribution in [2.75, 3.05) is 12.8 Å². The van der Waals surface area contributed by atoms with Crippen molar-refractivity contribution in [3.05, 3.63) is 70.3 Å². The minimum Gasteiger partial charge on any atom is -0.390 e. The number of aryl methyl sites for hydroxylation is 1. The Balaban J connectivity index is 1.74. The van der Waals surface area contributed by atoms with Crippen molar-refractivity contribution < 1.29 is 22.3 Å². The number of fused-ring (bicyclic) bond motifs is 1. The number of halogens is 2. The molecule has 1 aliphatic rings. The summed E-state index contributed by atoms with van der Waals surface area (Å²) in [5.74, 6) is -1.49. The van der Waals surface area contributed by atoms with Gasteiger partial charge in [-0.25, -0.2) is 21.9 Å². The summed E-state index contributed by atoms with van der Waals surface area (Å²) < 4.78 is 53.5. The van der Waals surface area contributed by atoms with Gasteiger partial charge in [0.15, 0.2) is 0 Å². The first-order valence-corrected chi connectivity index (χ1v) is 13.6. The Morgan fingerprint density at radius 2 is 1.76 bits per heavy atom. The Morgan fingerprint density at radius 3 is 2.38 bits per heavy atom. The zero-order valence-corrected chi connectivity index (χ0v) is 21.2. The lowest BCUT2D eigenvalue weighted by atomic mass is 9.82. The minimum atomic E-state index is -3.65. The van der Waals surface area contributed by atoms with Crippen LogP contribution in [0, 0.1) is 17.0 Å². The Bertz CT molecular complexity index is 1080. The van der Waals surface area contributed by atoms with Crippen LogP contribution in [0.15, 0.2) is 36.4 Å². The summed E-state index contributed by atoms with van der Waals surface area (Å²) in [6.07, 6.45) is 3.77. The van der Waals surface area contributed by atoms with Crippen LogP contribution in [-0.2, 0) is 29.3 Å².